The van der Waals surface area contributed by atoms with Crippen LogP contribution < -0.4 is 0 Å². The fraction of sp³-hybridized carbons (Fsp3) is 0.538. The number of hydrogen-bond acceptors (Lipinski definition) is 5. The van der Waals surface area contributed by atoms with Crippen LogP contribution in [0, 0.1) is 10.1 Å². The third kappa shape index (κ3) is 3.89. The maximum absolute atomic E-state index is 11.0. The Morgan fingerprint density at radius 1 is 1.25 bits per heavy atom. The zero-order chi connectivity index (χ0) is 14.5. The highest BCUT2D eigenvalue weighted by molar-refractivity contribution is 6.30. The lowest BCUT2D eigenvalue weighted by atomic mass is 10.1. The molecule has 0 aromatic heterocycles. The van der Waals surface area contributed by atoms with E-state index in [-0.39, 0.29) is 17.2 Å². The molecule has 0 atom stereocenters. The molecule has 0 unspecified atom stereocenters. The van der Waals surface area contributed by atoms with Crippen LogP contribution in [0.1, 0.15) is 5.56 Å². The summed E-state index contributed by atoms with van der Waals surface area (Å²) in [6.07, 6.45) is 0. The van der Waals surface area contributed by atoms with Gasteiger partial charge in [0.05, 0.1) is 11.5 Å². The monoisotopic (exact) mass is 299 g/mol. The Labute approximate surface area is 122 Å². The number of β-amino-alcohol motifs (C(OH)–C–C–N with tert-alkyl or cyclic N) is 1. The van der Waals surface area contributed by atoms with Crippen LogP contribution in [-0.2, 0) is 6.54 Å². The number of halogens is 1. The number of hydrogen-bond donors (Lipinski definition) is 1. The number of rotatable bonds is 5. The smallest absolute Gasteiger partial charge is 0.273 e. The molecule has 1 saturated heterocycles. The summed E-state index contributed by atoms with van der Waals surface area (Å²) in [5.41, 5.74) is 0.769. The Kier molecular flexibility index (Phi) is 5.31. The van der Waals surface area contributed by atoms with Gasteiger partial charge < -0.3 is 5.11 Å². The highest BCUT2D eigenvalue weighted by atomic mass is 35.5. The first-order chi connectivity index (χ1) is 9.60. The van der Waals surface area contributed by atoms with Crippen LogP contribution in [0.3, 0.4) is 0 Å². The number of aliphatic hydroxyl groups is 1. The van der Waals surface area contributed by atoms with E-state index in [2.05, 4.69) is 9.80 Å². The van der Waals surface area contributed by atoms with Crippen molar-refractivity contribution in [1.29, 1.82) is 0 Å². The van der Waals surface area contributed by atoms with Crippen molar-refractivity contribution in [1.82, 2.24) is 9.80 Å². The summed E-state index contributed by atoms with van der Waals surface area (Å²) >= 11 is 5.93. The standard InChI is InChI=1S/C13H18ClN3O3/c14-12-1-2-13(17(19)20)11(9-12)10-16-5-3-15(4-6-16)7-8-18/h1-2,9,18H,3-8,10H2. The van der Waals surface area contributed by atoms with Crippen LogP contribution in [0.25, 0.3) is 0 Å². The second-order valence-electron chi connectivity index (χ2n) is 4.87. The second-order valence-corrected chi connectivity index (χ2v) is 5.31. The normalized spacial score (nSPS) is 17.3. The Hall–Kier alpha value is -1.21. The average molecular weight is 300 g/mol. The van der Waals surface area contributed by atoms with E-state index in [9.17, 15) is 10.1 Å². The molecule has 0 radical (unpaired) electrons. The molecule has 0 saturated carbocycles. The summed E-state index contributed by atoms with van der Waals surface area (Å²) in [6, 6.07) is 4.67. The quantitative estimate of drug-likeness (QED) is 0.657. The highest BCUT2D eigenvalue weighted by Gasteiger charge is 2.20. The van der Waals surface area contributed by atoms with Gasteiger partial charge >= 0.3 is 0 Å². The number of nitro benzene ring substituents is 1. The largest absolute Gasteiger partial charge is 0.395 e. The van der Waals surface area contributed by atoms with Crippen molar-refractivity contribution in [2.75, 3.05) is 39.3 Å². The van der Waals surface area contributed by atoms with Crippen LogP contribution in [0.5, 0.6) is 0 Å². The van der Waals surface area contributed by atoms with Crippen LogP contribution >= 0.6 is 11.6 Å². The van der Waals surface area contributed by atoms with Crippen LogP contribution in [-0.4, -0.2) is 59.2 Å². The summed E-state index contributed by atoms with van der Waals surface area (Å²) in [5, 5.41) is 20.4. The van der Waals surface area contributed by atoms with Gasteiger partial charge in [-0.2, -0.15) is 0 Å². The first-order valence-electron chi connectivity index (χ1n) is 6.58. The van der Waals surface area contributed by atoms with E-state index in [1.807, 2.05) is 0 Å². The first-order valence-corrected chi connectivity index (χ1v) is 6.96. The van der Waals surface area contributed by atoms with Gasteiger partial charge in [0.25, 0.3) is 5.69 Å². The molecule has 1 aromatic rings. The molecule has 20 heavy (non-hydrogen) atoms. The molecule has 0 aliphatic carbocycles. The summed E-state index contributed by atoms with van der Waals surface area (Å²) in [7, 11) is 0. The molecule has 6 nitrogen and oxygen atoms in total. The van der Waals surface area contributed by atoms with Crippen molar-refractivity contribution < 1.29 is 10.0 Å². The first kappa shape index (κ1) is 15.2. The van der Waals surface area contributed by atoms with Crippen molar-refractivity contribution in [2.45, 2.75) is 6.54 Å². The molecule has 1 aliphatic rings. The summed E-state index contributed by atoms with van der Waals surface area (Å²) in [4.78, 5) is 15.0. The van der Waals surface area contributed by atoms with Gasteiger partial charge in [-0.3, -0.25) is 19.9 Å². The molecule has 2 rings (SSSR count). The van der Waals surface area contributed by atoms with E-state index >= 15 is 0 Å². The predicted molar refractivity (Wildman–Crippen MR) is 76.9 cm³/mol. The van der Waals surface area contributed by atoms with Gasteiger partial charge in [-0.15, -0.1) is 0 Å². The predicted octanol–water partition coefficient (Wildman–Crippen LogP) is 1.36. The minimum absolute atomic E-state index is 0.118. The van der Waals surface area contributed by atoms with Crippen molar-refractivity contribution in [3.05, 3.63) is 38.9 Å². The van der Waals surface area contributed by atoms with Gasteiger partial charge in [-0.05, 0) is 12.1 Å². The molecule has 1 N–H and O–H groups in total. The Bertz CT molecular complexity index is 476. The van der Waals surface area contributed by atoms with Gasteiger partial charge in [0.15, 0.2) is 0 Å². The van der Waals surface area contributed by atoms with Crippen molar-refractivity contribution >= 4 is 17.3 Å². The van der Waals surface area contributed by atoms with Gasteiger partial charge in [0, 0.05) is 55.9 Å². The van der Waals surface area contributed by atoms with Gasteiger partial charge in [-0.25, -0.2) is 0 Å². The van der Waals surface area contributed by atoms with E-state index in [0.717, 1.165) is 26.2 Å². The van der Waals surface area contributed by atoms with Crippen molar-refractivity contribution in [2.24, 2.45) is 0 Å². The molecule has 0 bridgehead atoms. The van der Waals surface area contributed by atoms with Crippen LogP contribution in [0.4, 0.5) is 5.69 Å². The zero-order valence-corrected chi connectivity index (χ0v) is 11.9. The molecular formula is C13H18ClN3O3. The van der Waals surface area contributed by atoms with Crippen LogP contribution in [0.15, 0.2) is 18.2 Å². The van der Waals surface area contributed by atoms with Gasteiger partial charge in [-0.1, -0.05) is 11.6 Å². The molecule has 7 heteroatoms. The van der Waals surface area contributed by atoms with E-state index in [0.29, 0.717) is 23.7 Å². The van der Waals surface area contributed by atoms with E-state index in [1.165, 1.54) is 6.07 Å². The molecule has 1 aliphatic heterocycles. The van der Waals surface area contributed by atoms with E-state index in [1.54, 1.807) is 12.1 Å². The van der Waals surface area contributed by atoms with Crippen LogP contribution in [0.2, 0.25) is 5.02 Å². The maximum atomic E-state index is 11.0. The second kappa shape index (κ2) is 6.99. The Morgan fingerprint density at radius 3 is 2.50 bits per heavy atom. The third-order valence-electron chi connectivity index (χ3n) is 3.51. The zero-order valence-electron chi connectivity index (χ0n) is 11.2. The van der Waals surface area contributed by atoms with Crippen molar-refractivity contribution in [3.8, 4) is 0 Å². The van der Waals surface area contributed by atoms with Gasteiger partial charge in [0.2, 0.25) is 0 Å². The SMILES string of the molecule is O=[N+]([O-])c1ccc(Cl)cc1CN1CCN(CCO)CC1. The topological polar surface area (TPSA) is 69.9 Å². The lowest BCUT2D eigenvalue weighted by molar-refractivity contribution is -0.385. The average Bonchev–Trinajstić information content (AvgIpc) is 2.41. The number of aliphatic hydroxyl groups excluding tert-OH is 1. The number of piperazine rings is 1. The minimum Gasteiger partial charge on any atom is -0.395 e. The Balaban J connectivity index is 2.00. The van der Waals surface area contributed by atoms with Gasteiger partial charge in [0.1, 0.15) is 0 Å². The molecule has 110 valence electrons. The fourth-order valence-corrected chi connectivity index (χ4v) is 2.61. The van der Waals surface area contributed by atoms with E-state index < -0.39 is 0 Å². The number of nitro groups is 1. The lowest BCUT2D eigenvalue weighted by Crippen LogP contribution is -2.46. The molecule has 0 spiro atoms. The summed E-state index contributed by atoms with van der Waals surface area (Å²) in [6.45, 7) is 4.80. The molecular weight excluding hydrogens is 282 g/mol. The van der Waals surface area contributed by atoms with E-state index in [4.69, 9.17) is 16.7 Å². The third-order valence-corrected chi connectivity index (χ3v) is 3.75. The maximum Gasteiger partial charge on any atom is 0.273 e. The van der Waals surface area contributed by atoms with Crippen molar-refractivity contribution in [3.63, 3.8) is 0 Å². The number of nitrogens with zero attached hydrogens (tertiary/aromatic N) is 3. The fourth-order valence-electron chi connectivity index (χ4n) is 2.41. The summed E-state index contributed by atoms with van der Waals surface area (Å²) < 4.78 is 0. The molecule has 0 amide bonds. The molecule has 1 heterocycles. The summed E-state index contributed by atoms with van der Waals surface area (Å²) in [5.74, 6) is 0. The highest BCUT2D eigenvalue weighted by Crippen LogP contribution is 2.24. The number of benzene rings is 1. The molecule has 1 aromatic carbocycles. The Morgan fingerprint density at radius 2 is 1.90 bits per heavy atom. The minimum atomic E-state index is -0.367. The molecule has 1 fully saturated rings. The lowest BCUT2D eigenvalue weighted by Gasteiger charge is -2.34.